The van der Waals surface area contributed by atoms with Crippen LogP contribution in [-0.2, 0) is 15.6 Å². The predicted molar refractivity (Wildman–Crippen MR) is 79.1 cm³/mol. The number of halogens is 2. The van der Waals surface area contributed by atoms with Crippen LogP contribution in [0.5, 0.6) is 11.5 Å². The smallest absolute Gasteiger partial charge is 0.387 e. The molecular weight excluding hydrogens is 314 g/mol. The number of sulfone groups is 1. The molecule has 4 nitrogen and oxygen atoms in total. The Balaban J connectivity index is 2.15. The van der Waals surface area contributed by atoms with E-state index >= 15 is 0 Å². The summed E-state index contributed by atoms with van der Waals surface area (Å²) in [5.74, 6) is -0.101. The lowest BCUT2D eigenvalue weighted by atomic mass is 10.0. The molecule has 2 rings (SSSR count). The highest BCUT2D eigenvalue weighted by molar-refractivity contribution is 7.91. The Labute approximate surface area is 129 Å². The summed E-state index contributed by atoms with van der Waals surface area (Å²) in [6.07, 6.45) is 4.36. The van der Waals surface area contributed by atoms with Gasteiger partial charge in [0, 0.05) is 0 Å². The fraction of sp³-hybridized carbons (Fsp3) is 0.600. The van der Waals surface area contributed by atoms with Crippen LogP contribution in [0.15, 0.2) is 18.2 Å². The zero-order valence-corrected chi connectivity index (χ0v) is 13.2. The maximum absolute atomic E-state index is 12.4. The van der Waals surface area contributed by atoms with Crippen molar-refractivity contribution in [3.8, 4) is 11.5 Å². The van der Waals surface area contributed by atoms with Crippen molar-refractivity contribution in [3.63, 3.8) is 0 Å². The maximum atomic E-state index is 12.4. The van der Waals surface area contributed by atoms with E-state index in [0.29, 0.717) is 18.4 Å². The average molecular weight is 334 g/mol. The van der Waals surface area contributed by atoms with E-state index in [-0.39, 0.29) is 22.5 Å². The number of ether oxygens (including phenoxy) is 2. The van der Waals surface area contributed by atoms with Crippen LogP contribution in [0, 0.1) is 0 Å². The third kappa shape index (κ3) is 4.32. The third-order valence-corrected chi connectivity index (χ3v) is 6.09. The molecule has 0 aromatic heterocycles. The molecule has 22 heavy (non-hydrogen) atoms. The monoisotopic (exact) mass is 334 g/mol. The van der Waals surface area contributed by atoms with Gasteiger partial charge in [-0.2, -0.15) is 8.78 Å². The Morgan fingerprint density at radius 2 is 1.86 bits per heavy atom. The van der Waals surface area contributed by atoms with Crippen molar-refractivity contribution in [3.05, 3.63) is 23.8 Å². The molecule has 0 aliphatic heterocycles. The van der Waals surface area contributed by atoms with Crippen molar-refractivity contribution >= 4 is 9.84 Å². The van der Waals surface area contributed by atoms with E-state index in [1.165, 1.54) is 25.3 Å². The summed E-state index contributed by atoms with van der Waals surface area (Å²) in [4.78, 5) is 0. The lowest BCUT2D eigenvalue weighted by Crippen LogP contribution is -2.25. The summed E-state index contributed by atoms with van der Waals surface area (Å²) >= 11 is 0. The molecule has 0 bridgehead atoms. The Kier molecular flexibility index (Phi) is 5.61. The molecule has 0 saturated heterocycles. The van der Waals surface area contributed by atoms with E-state index in [2.05, 4.69) is 4.74 Å². The van der Waals surface area contributed by atoms with Gasteiger partial charge in [0.2, 0.25) is 0 Å². The lowest BCUT2D eigenvalue weighted by molar-refractivity contribution is -0.0512. The molecule has 0 atom stereocenters. The summed E-state index contributed by atoms with van der Waals surface area (Å²) < 4.78 is 58.7. The van der Waals surface area contributed by atoms with Crippen LogP contribution < -0.4 is 9.47 Å². The van der Waals surface area contributed by atoms with Gasteiger partial charge in [0.25, 0.3) is 0 Å². The van der Waals surface area contributed by atoms with Gasteiger partial charge in [-0.15, -0.1) is 0 Å². The zero-order valence-electron chi connectivity index (χ0n) is 12.4. The fourth-order valence-electron chi connectivity index (χ4n) is 2.77. The number of methoxy groups -OCH3 is 1. The average Bonchev–Trinajstić information content (AvgIpc) is 2.49. The van der Waals surface area contributed by atoms with Crippen LogP contribution in [0.2, 0.25) is 0 Å². The Bertz CT molecular complexity index is 596. The summed E-state index contributed by atoms with van der Waals surface area (Å²) in [7, 11) is -1.92. The van der Waals surface area contributed by atoms with Crippen molar-refractivity contribution in [2.24, 2.45) is 0 Å². The molecule has 0 amide bonds. The third-order valence-electron chi connectivity index (χ3n) is 3.87. The van der Waals surface area contributed by atoms with Crippen LogP contribution >= 0.6 is 0 Å². The standard InChI is InChI=1S/C15H20F2O4S/c1-20-14-9-11(7-8-13(14)21-15(16)17)10-22(18,19)12-5-3-2-4-6-12/h7-9,12,15H,2-6,10H2,1H3. The number of benzene rings is 1. The largest absolute Gasteiger partial charge is 0.493 e. The van der Waals surface area contributed by atoms with Gasteiger partial charge in [-0.1, -0.05) is 25.3 Å². The number of alkyl halides is 2. The van der Waals surface area contributed by atoms with E-state index in [4.69, 9.17) is 4.74 Å². The van der Waals surface area contributed by atoms with Crippen molar-refractivity contribution in [1.82, 2.24) is 0 Å². The number of hydrogen-bond donors (Lipinski definition) is 0. The van der Waals surface area contributed by atoms with E-state index in [9.17, 15) is 17.2 Å². The number of hydrogen-bond acceptors (Lipinski definition) is 4. The Morgan fingerprint density at radius 3 is 2.45 bits per heavy atom. The maximum Gasteiger partial charge on any atom is 0.387 e. The summed E-state index contributed by atoms with van der Waals surface area (Å²) in [5.41, 5.74) is 0.518. The van der Waals surface area contributed by atoms with Crippen molar-refractivity contribution < 1.29 is 26.7 Å². The molecule has 1 aromatic carbocycles. The van der Waals surface area contributed by atoms with Gasteiger partial charge in [-0.05, 0) is 30.5 Å². The fourth-order valence-corrected chi connectivity index (χ4v) is 4.70. The molecule has 0 spiro atoms. The summed E-state index contributed by atoms with van der Waals surface area (Å²) in [6, 6.07) is 4.25. The van der Waals surface area contributed by atoms with Gasteiger partial charge in [0.05, 0.1) is 18.1 Å². The second-order valence-corrected chi connectivity index (χ2v) is 7.71. The van der Waals surface area contributed by atoms with Gasteiger partial charge in [0.15, 0.2) is 21.3 Å². The molecule has 0 N–H and O–H groups in total. The highest BCUT2D eigenvalue weighted by Crippen LogP contribution is 2.32. The molecule has 1 saturated carbocycles. The highest BCUT2D eigenvalue weighted by Gasteiger charge is 2.27. The molecular formula is C15H20F2O4S. The lowest BCUT2D eigenvalue weighted by Gasteiger charge is -2.22. The molecule has 1 fully saturated rings. The number of rotatable bonds is 6. The van der Waals surface area contributed by atoms with Gasteiger partial charge in [-0.3, -0.25) is 0 Å². The van der Waals surface area contributed by atoms with Crippen LogP contribution in [0.1, 0.15) is 37.7 Å². The minimum Gasteiger partial charge on any atom is -0.493 e. The van der Waals surface area contributed by atoms with E-state index < -0.39 is 16.4 Å². The van der Waals surface area contributed by atoms with Crippen molar-refractivity contribution in [2.45, 2.75) is 49.7 Å². The first kappa shape index (κ1) is 17.0. The highest BCUT2D eigenvalue weighted by atomic mass is 32.2. The zero-order chi connectivity index (χ0) is 16.2. The molecule has 1 aromatic rings. The molecule has 1 aliphatic rings. The predicted octanol–water partition coefficient (Wildman–Crippen LogP) is 3.54. The first-order valence-corrected chi connectivity index (χ1v) is 8.97. The van der Waals surface area contributed by atoms with Gasteiger partial charge in [-0.25, -0.2) is 8.42 Å². The van der Waals surface area contributed by atoms with E-state index in [1.54, 1.807) is 0 Å². The second kappa shape index (κ2) is 7.26. The summed E-state index contributed by atoms with van der Waals surface area (Å²) in [5, 5.41) is -0.302. The molecule has 7 heteroatoms. The minimum absolute atomic E-state index is 0.101. The first-order chi connectivity index (χ1) is 10.4. The van der Waals surface area contributed by atoms with Crippen LogP contribution in [0.25, 0.3) is 0 Å². The molecule has 1 aliphatic carbocycles. The molecule has 0 radical (unpaired) electrons. The molecule has 124 valence electrons. The Morgan fingerprint density at radius 1 is 1.18 bits per heavy atom. The van der Waals surface area contributed by atoms with Crippen LogP contribution in [0.4, 0.5) is 8.78 Å². The van der Waals surface area contributed by atoms with Crippen LogP contribution in [-0.4, -0.2) is 27.4 Å². The SMILES string of the molecule is COc1cc(CS(=O)(=O)C2CCCCC2)ccc1OC(F)F. The van der Waals surface area contributed by atoms with Crippen molar-refractivity contribution in [2.75, 3.05) is 7.11 Å². The topological polar surface area (TPSA) is 52.6 Å². The molecule has 0 heterocycles. The molecule has 0 unspecified atom stereocenters. The minimum atomic E-state index is -3.24. The summed E-state index contributed by atoms with van der Waals surface area (Å²) in [6.45, 7) is -2.95. The van der Waals surface area contributed by atoms with Gasteiger partial charge in [0.1, 0.15) is 0 Å². The van der Waals surface area contributed by atoms with Crippen LogP contribution in [0.3, 0.4) is 0 Å². The first-order valence-electron chi connectivity index (χ1n) is 7.25. The Hall–Kier alpha value is -1.37. The quantitative estimate of drug-likeness (QED) is 0.798. The van der Waals surface area contributed by atoms with Crippen molar-refractivity contribution in [1.29, 1.82) is 0 Å². The van der Waals surface area contributed by atoms with E-state index in [1.807, 2.05) is 0 Å². The normalized spacial score (nSPS) is 16.7. The van der Waals surface area contributed by atoms with Gasteiger partial charge < -0.3 is 9.47 Å². The van der Waals surface area contributed by atoms with Gasteiger partial charge >= 0.3 is 6.61 Å². The second-order valence-electron chi connectivity index (χ2n) is 5.43. The van der Waals surface area contributed by atoms with E-state index in [0.717, 1.165) is 19.3 Å².